The Morgan fingerprint density at radius 1 is 1.08 bits per heavy atom. The largest absolute Gasteiger partial charge is 0.416 e. The van der Waals surface area contributed by atoms with Crippen molar-refractivity contribution in [1.29, 1.82) is 0 Å². The van der Waals surface area contributed by atoms with Crippen LogP contribution in [-0.4, -0.2) is 14.5 Å². The van der Waals surface area contributed by atoms with E-state index in [2.05, 4.69) is 4.98 Å². The lowest BCUT2D eigenvalue weighted by Gasteiger charge is -2.12. The Morgan fingerprint density at radius 3 is 2.40 bits per heavy atom. The SMILES string of the molecule is NC(=S)c1ccccc1Cn1ccnc1-c1ccc(C(F)(F)F)cc1. The molecule has 3 nitrogen and oxygen atoms in total. The molecule has 3 rings (SSSR count). The number of thiocarbonyl (C=S) groups is 1. The van der Waals surface area contributed by atoms with Gasteiger partial charge in [0.2, 0.25) is 0 Å². The van der Waals surface area contributed by atoms with E-state index in [0.717, 1.165) is 23.3 Å². The molecule has 1 aromatic heterocycles. The second-order valence-electron chi connectivity index (χ2n) is 5.48. The summed E-state index contributed by atoms with van der Waals surface area (Å²) in [4.78, 5) is 4.56. The fourth-order valence-electron chi connectivity index (χ4n) is 2.59. The van der Waals surface area contributed by atoms with Crippen LogP contribution in [0.1, 0.15) is 16.7 Å². The molecular weight excluding hydrogens is 347 g/mol. The zero-order chi connectivity index (χ0) is 18.0. The standard InChI is InChI=1S/C18H14F3N3S/c19-18(20,21)14-7-5-12(6-8-14)17-23-9-10-24(17)11-13-3-1-2-4-15(13)16(22)25/h1-10H,11H2,(H2,22,25). The van der Waals surface area contributed by atoms with Gasteiger partial charge in [-0.15, -0.1) is 0 Å². The molecule has 0 fully saturated rings. The van der Waals surface area contributed by atoms with Crippen LogP contribution in [-0.2, 0) is 12.7 Å². The Bertz CT molecular complexity index is 898. The summed E-state index contributed by atoms with van der Waals surface area (Å²) >= 11 is 5.07. The normalized spacial score (nSPS) is 11.5. The van der Waals surface area contributed by atoms with Gasteiger partial charge in [-0.2, -0.15) is 13.2 Å². The van der Waals surface area contributed by atoms with Crippen molar-refractivity contribution < 1.29 is 13.2 Å². The average Bonchev–Trinajstić information content (AvgIpc) is 3.02. The van der Waals surface area contributed by atoms with Gasteiger partial charge in [0.25, 0.3) is 0 Å². The molecule has 0 bridgehead atoms. The van der Waals surface area contributed by atoms with E-state index in [-0.39, 0.29) is 0 Å². The Hall–Kier alpha value is -2.67. The van der Waals surface area contributed by atoms with E-state index in [1.165, 1.54) is 12.1 Å². The molecule has 0 atom stereocenters. The number of aromatic nitrogens is 2. The summed E-state index contributed by atoms with van der Waals surface area (Å²) in [5, 5.41) is 0. The van der Waals surface area contributed by atoms with Crippen molar-refractivity contribution in [1.82, 2.24) is 9.55 Å². The minimum Gasteiger partial charge on any atom is -0.389 e. The lowest BCUT2D eigenvalue weighted by Crippen LogP contribution is -2.14. The number of benzene rings is 2. The maximum absolute atomic E-state index is 12.7. The lowest BCUT2D eigenvalue weighted by molar-refractivity contribution is -0.137. The number of imidazole rings is 1. The van der Waals surface area contributed by atoms with Gasteiger partial charge in [0.1, 0.15) is 10.8 Å². The fourth-order valence-corrected chi connectivity index (χ4v) is 2.79. The summed E-state index contributed by atoms with van der Waals surface area (Å²) < 4.78 is 40.0. The van der Waals surface area contributed by atoms with E-state index < -0.39 is 11.7 Å². The van der Waals surface area contributed by atoms with Crippen molar-refractivity contribution in [3.8, 4) is 11.4 Å². The molecule has 25 heavy (non-hydrogen) atoms. The molecule has 1 heterocycles. The quantitative estimate of drug-likeness (QED) is 0.707. The number of nitrogens with zero attached hydrogens (tertiary/aromatic N) is 2. The Kier molecular flexibility index (Phi) is 4.59. The van der Waals surface area contributed by atoms with Gasteiger partial charge < -0.3 is 10.3 Å². The van der Waals surface area contributed by atoms with Gasteiger partial charge in [0.05, 0.1) is 5.56 Å². The number of hydrogen-bond donors (Lipinski definition) is 1. The number of halogens is 3. The molecule has 0 aliphatic carbocycles. The Morgan fingerprint density at radius 2 is 1.76 bits per heavy atom. The highest BCUT2D eigenvalue weighted by Crippen LogP contribution is 2.30. The van der Waals surface area contributed by atoms with Gasteiger partial charge in [-0.3, -0.25) is 0 Å². The van der Waals surface area contributed by atoms with Crippen molar-refractivity contribution in [2.45, 2.75) is 12.7 Å². The summed E-state index contributed by atoms with van der Waals surface area (Å²) in [5.41, 5.74) is 7.35. The average molecular weight is 361 g/mol. The number of nitrogens with two attached hydrogens (primary N) is 1. The van der Waals surface area contributed by atoms with Crippen LogP contribution in [0.15, 0.2) is 60.9 Å². The first-order chi connectivity index (χ1) is 11.9. The van der Waals surface area contributed by atoms with E-state index >= 15 is 0 Å². The van der Waals surface area contributed by atoms with E-state index in [1.807, 2.05) is 28.8 Å². The molecule has 128 valence electrons. The summed E-state index contributed by atoms with van der Waals surface area (Å²) in [6, 6.07) is 12.4. The summed E-state index contributed by atoms with van der Waals surface area (Å²) in [5.74, 6) is 0.575. The van der Waals surface area contributed by atoms with E-state index in [4.69, 9.17) is 18.0 Å². The molecular formula is C18H14F3N3S. The third-order valence-electron chi connectivity index (χ3n) is 3.81. The molecule has 7 heteroatoms. The van der Waals surface area contributed by atoms with Crippen LogP contribution in [0.2, 0.25) is 0 Å². The molecule has 0 radical (unpaired) electrons. The Labute approximate surface area is 147 Å². The third kappa shape index (κ3) is 3.71. The van der Waals surface area contributed by atoms with Gasteiger partial charge >= 0.3 is 6.18 Å². The van der Waals surface area contributed by atoms with Crippen LogP contribution < -0.4 is 5.73 Å². The van der Waals surface area contributed by atoms with Crippen LogP contribution in [0.5, 0.6) is 0 Å². The molecule has 2 N–H and O–H groups in total. The maximum Gasteiger partial charge on any atom is 0.416 e. The van der Waals surface area contributed by atoms with Crippen molar-refractivity contribution in [2.24, 2.45) is 5.73 Å². The maximum atomic E-state index is 12.7. The third-order valence-corrected chi connectivity index (χ3v) is 4.03. The lowest BCUT2D eigenvalue weighted by atomic mass is 10.1. The zero-order valence-corrected chi connectivity index (χ0v) is 13.8. The molecule has 0 aliphatic heterocycles. The number of alkyl halides is 3. The highest BCUT2D eigenvalue weighted by Gasteiger charge is 2.30. The monoisotopic (exact) mass is 361 g/mol. The first-order valence-electron chi connectivity index (χ1n) is 7.43. The van der Waals surface area contributed by atoms with Crippen molar-refractivity contribution in [3.63, 3.8) is 0 Å². The van der Waals surface area contributed by atoms with E-state index in [1.54, 1.807) is 12.4 Å². The zero-order valence-electron chi connectivity index (χ0n) is 13.0. The van der Waals surface area contributed by atoms with Gasteiger partial charge in [-0.25, -0.2) is 4.98 Å². The molecule has 0 unspecified atom stereocenters. The minimum atomic E-state index is -4.36. The number of hydrogen-bond acceptors (Lipinski definition) is 2. The smallest absolute Gasteiger partial charge is 0.389 e. The number of rotatable bonds is 4. The highest BCUT2D eigenvalue weighted by molar-refractivity contribution is 7.80. The minimum absolute atomic E-state index is 0.298. The second-order valence-corrected chi connectivity index (χ2v) is 5.92. The van der Waals surface area contributed by atoms with Crippen molar-refractivity contribution >= 4 is 17.2 Å². The first kappa shape index (κ1) is 17.2. The topological polar surface area (TPSA) is 43.8 Å². The predicted molar refractivity (Wildman–Crippen MR) is 94.1 cm³/mol. The fraction of sp³-hybridized carbons (Fsp3) is 0.111. The Balaban J connectivity index is 1.93. The van der Waals surface area contributed by atoms with Crippen LogP contribution in [0.25, 0.3) is 11.4 Å². The molecule has 0 saturated heterocycles. The van der Waals surface area contributed by atoms with Crippen molar-refractivity contribution in [2.75, 3.05) is 0 Å². The first-order valence-corrected chi connectivity index (χ1v) is 7.83. The van der Waals surface area contributed by atoms with Crippen LogP contribution in [0.4, 0.5) is 13.2 Å². The van der Waals surface area contributed by atoms with Gasteiger partial charge in [0, 0.05) is 30.1 Å². The molecule has 3 aromatic rings. The van der Waals surface area contributed by atoms with Crippen LogP contribution >= 0.6 is 12.2 Å². The highest BCUT2D eigenvalue weighted by atomic mass is 32.1. The van der Waals surface area contributed by atoms with Crippen LogP contribution in [0, 0.1) is 0 Å². The molecule has 0 aliphatic rings. The van der Waals surface area contributed by atoms with E-state index in [9.17, 15) is 13.2 Å². The second kappa shape index (κ2) is 6.68. The summed E-state index contributed by atoms with van der Waals surface area (Å²) in [6.07, 6.45) is -0.983. The summed E-state index contributed by atoms with van der Waals surface area (Å²) in [7, 11) is 0. The van der Waals surface area contributed by atoms with E-state index in [0.29, 0.717) is 22.9 Å². The molecule has 2 aromatic carbocycles. The van der Waals surface area contributed by atoms with Gasteiger partial charge in [-0.1, -0.05) is 48.6 Å². The van der Waals surface area contributed by atoms with Crippen LogP contribution in [0.3, 0.4) is 0 Å². The molecule has 0 amide bonds. The summed E-state index contributed by atoms with van der Waals surface area (Å²) in [6.45, 7) is 0.462. The van der Waals surface area contributed by atoms with Gasteiger partial charge in [-0.05, 0) is 17.7 Å². The van der Waals surface area contributed by atoms with Crippen molar-refractivity contribution in [3.05, 3.63) is 77.6 Å². The van der Waals surface area contributed by atoms with Gasteiger partial charge in [0.15, 0.2) is 0 Å². The predicted octanol–water partition coefficient (Wildman–Crippen LogP) is 4.25. The molecule has 0 saturated carbocycles. The molecule has 0 spiro atoms.